The summed E-state index contributed by atoms with van der Waals surface area (Å²) in [5.74, 6) is 1.31. The van der Waals surface area contributed by atoms with Gasteiger partial charge < -0.3 is 19.4 Å². The highest BCUT2D eigenvalue weighted by Gasteiger charge is 2.31. The predicted octanol–water partition coefficient (Wildman–Crippen LogP) is 1.61. The van der Waals surface area contributed by atoms with Gasteiger partial charge in [-0.05, 0) is 50.8 Å². The van der Waals surface area contributed by atoms with Crippen molar-refractivity contribution in [2.24, 2.45) is 5.92 Å². The summed E-state index contributed by atoms with van der Waals surface area (Å²) >= 11 is 0. The zero-order valence-electron chi connectivity index (χ0n) is 18.8. The summed E-state index contributed by atoms with van der Waals surface area (Å²) < 4.78 is 10.9. The number of amides is 1. The van der Waals surface area contributed by atoms with Crippen LogP contribution in [0.2, 0.25) is 0 Å². The molecule has 1 amide bonds. The second kappa shape index (κ2) is 9.85. The minimum absolute atomic E-state index is 0.0257. The van der Waals surface area contributed by atoms with Crippen LogP contribution in [0.3, 0.4) is 0 Å². The van der Waals surface area contributed by atoms with E-state index in [1.807, 2.05) is 4.90 Å². The Morgan fingerprint density at radius 2 is 1.91 bits per heavy atom. The number of hydrogen-bond acceptors (Lipinski definition) is 6. The van der Waals surface area contributed by atoms with Gasteiger partial charge in [-0.3, -0.25) is 14.5 Å². The Labute approximate surface area is 189 Å². The van der Waals surface area contributed by atoms with E-state index in [2.05, 4.69) is 16.0 Å². The standard InChI is InChI=1S/C24H34N4O4/c29-23-20-15-28(24(30)19-6-12-31-13-7-19)10-5-21(20)25-22(26-23)18-3-8-27(9-4-18)14-17-2-1-11-32-16-17/h2,18-19H,1,3-16H2,(H,25,26,29). The van der Waals surface area contributed by atoms with Gasteiger partial charge in [0.2, 0.25) is 5.91 Å². The second-order valence-corrected chi connectivity index (χ2v) is 9.53. The number of nitrogens with one attached hydrogen (secondary N) is 1. The molecule has 32 heavy (non-hydrogen) atoms. The molecule has 2 fully saturated rings. The van der Waals surface area contributed by atoms with E-state index in [1.165, 1.54) is 5.57 Å². The van der Waals surface area contributed by atoms with Crippen molar-refractivity contribution >= 4 is 5.91 Å². The number of rotatable bonds is 4. The first-order valence-electron chi connectivity index (χ1n) is 12.1. The van der Waals surface area contributed by atoms with Gasteiger partial charge in [0.1, 0.15) is 5.82 Å². The number of aromatic nitrogens is 2. The lowest BCUT2D eigenvalue weighted by atomic mass is 9.94. The molecule has 0 radical (unpaired) electrons. The number of hydrogen-bond donors (Lipinski definition) is 1. The summed E-state index contributed by atoms with van der Waals surface area (Å²) in [6.07, 6.45) is 7.55. The van der Waals surface area contributed by atoms with Crippen molar-refractivity contribution in [3.05, 3.63) is 39.1 Å². The molecular formula is C24H34N4O4. The first-order valence-corrected chi connectivity index (χ1v) is 12.1. The zero-order valence-corrected chi connectivity index (χ0v) is 18.8. The van der Waals surface area contributed by atoms with Crippen molar-refractivity contribution in [1.82, 2.24) is 19.8 Å². The minimum atomic E-state index is -0.0681. The van der Waals surface area contributed by atoms with Crippen LogP contribution in [0.5, 0.6) is 0 Å². The average molecular weight is 443 g/mol. The number of ether oxygens (including phenoxy) is 2. The fourth-order valence-corrected chi connectivity index (χ4v) is 5.40. The molecule has 1 N–H and O–H groups in total. The molecule has 0 saturated carbocycles. The van der Waals surface area contributed by atoms with E-state index in [0.29, 0.717) is 44.2 Å². The molecule has 4 aliphatic heterocycles. The van der Waals surface area contributed by atoms with E-state index < -0.39 is 0 Å². The molecule has 5 rings (SSSR count). The first-order chi connectivity index (χ1) is 15.7. The van der Waals surface area contributed by atoms with Crippen LogP contribution in [0.15, 0.2) is 16.4 Å². The summed E-state index contributed by atoms with van der Waals surface area (Å²) in [7, 11) is 0. The molecule has 1 aromatic rings. The SMILES string of the molecule is O=C(C1CCOCC1)N1CCc2nc(C3CCN(CC4=CCCOC4)CC3)[nH]c(=O)c2C1. The molecule has 2 saturated heterocycles. The van der Waals surface area contributed by atoms with Gasteiger partial charge in [-0.2, -0.15) is 0 Å². The van der Waals surface area contributed by atoms with Crippen LogP contribution >= 0.6 is 0 Å². The zero-order chi connectivity index (χ0) is 21.9. The van der Waals surface area contributed by atoms with E-state index in [9.17, 15) is 9.59 Å². The molecule has 0 bridgehead atoms. The normalized spacial score (nSPS) is 23.6. The quantitative estimate of drug-likeness (QED) is 0.713. The highest BCUT2D eigenvalue weighted by molar-refractivity contribution is 5.79. The maximum atomic E-state index is 12.9. The third-order valence-corrected chi connectivity index (χ3v) is 7.35. The molecule has 0 aromatic carbocycles. The predicted molar refractivity (Wildman–Crippen MR) is 119 cm³/mol. The van der Waals surface area contributed by atoms with Crippen LogP contribution < -0.4 is 5.56 Å². The summed E-state index contributed by atoms with van der Waals surface area (Å²) in [5.41, 5.74) is 2.87. The van der Waals surface area contributed by atoms with E-state index >= 15 is 0 Å². The molecule has 0 unspecified atom stereocenters. The third kappa shape index (κ3) is 4.82. The minimum Gasteiger partial charge on any atom is -0.381 e. The number of fused-ring (bicyclic) bond motifs is 1. The highest BCUT2D eigenvalue weighted by Crippen LogP contribution is 2.27. The monoisotopic (exact) mass is 442 g/mol. The van der Waals surface area contributed by atoms with Crippen molar-refractivity contribution < 1.29 is 14.3 Å². The average Bonchev–Trinajstić information content (AvgIpc) is 2.85. The summed E-state index contributed by atoms with van der Waals surface area (Å²) in [6.45, 7) is 6.92. The maximum absolute atomic E-state index is 12.9. The number of likely N-dealkylation sites (tertiary alicyclic amines) is 1. The fraction of sp³-hybridized carbons (Fsp3) is 0.708. The molecule has 174 valence electrons. The van der Waals surface area contributed by atoms with Crippen molar-refractivity contribution in [1.29, 1.82) is 0 Å². The van der Waals surface area contributed by atoms with Crippen LogP contribution in [-0.4, -0.2) is 78.3 Å². The van der Waals surface area contributed by atoms with Gasteiger partial charge >= 0.3 is 0 Å². The topological polar surface area (TPSA) is 87.8 Å². The Hall–Kier alpha value is -2.03. The Morgan fingerprint density at radius 3 is 2.66 bits per heavy atom. The van der Waals surface area contributed by atoms with Crippen LogP contribution in [0.1, 0.15) is 55.1 Å². The molecule has 0 spiro atoms. The summed E-state index contributed by atoms with van der Waals surface area (Å²) in [4.78, 5) is 38.1. The molecule has 4 aliphatic rings. The van der Waals surface area contributed by atoms with Crippen molar-refractivity contribution in [2.45, 2.75) is 51.0 Å². The number of nitrogens with zero attached hydrogens (tertiary/aromatic N) is 3. The van der Waals surface area contributed by atoms with Gasteiger partial charge in [0.25, 0.3) is 5.56 Å². The number of carbonyl (C=O) groups excluding carboxylic acids is 1. The molecule has 8 heteroatoms. The van der Waals surface area contributed by atoms with Crippen LogP contribution in [0.25, 0.3) is 0 Å². The molecule has 8 nitrogen and oxygen atoms in total. The third-order valence-electron chi connectivity index (χ3n) is 7.35. The van der Waals surface area contributed by atoms with E-state index in [0.717, 1.165) is 76.5 Å². The van der Waals surface area contributed by atoms with Gasteiger partial charge in [-0.15, -0.1) is 0 Å². The lowest BCUT2D eigenvalue weighted by Crippen LogP contribution is -2.44. The summed E-state index contributed by atoms with van der Waals surface area (Å²) in [6, 6.07) is 0. The van der Waals surface area contributed by atoms with Gasteiger partial charge in [-0.25, -0.2) is 4.98 Å². The van der Waals surface area contributed by atoms with Gasteiger partial charge in [0.15, 0.2) is 0 Å². The number of carbonyl (C=O) groups is 1. The van der Waals surface area contributed by atoms with Crippen molar-refractivity contribution in [3.8, 4) is 0 Å². The molecule has 5 heterocycles. The molecule has 0 aliphatic carbocycles. The molecule has 0 atom stereocenters. The Balaban J connectivity index is 1.21. The van der Waals surface area contributed by atoms with Gasteiger partial charge in [0, 0.05) is 44.6 Å². The Morgan fingerprint density at radius 1 is 1.09 bits per heavy atom. The second-order valence-electron chi connectivity index (χ2n) is 9.53. The van der Waals surface area contributed by atoms with Gasteiger partial charge in [0.05, 0.1) is 31.0 Å². The fourth-order valence-electron chi connectivity index (χ4n) is 5.40. The lowest BCUT2D eigenvalue weighted by Gasteiger charge is -2.34. The maximum Gasteiger partial charge on any atom is 0.256 e. The molecular weight excluding hydrogens is 408 g/mol. The van der Waals surface area contributed by atoms with E-state index in [-0.39, 0.29) is 17.4 Å². The Kier molecular flexibility index (Phi) is 6.71. The van der Waals surface area contributed by atoms with Crippen molar-refractivity contribution in [2.75, 3.05) is 52.6 Å². The van der Waals surface area contributed by atoms with Gasteiger partial charge in [-0.1, -0.05) is 6.08 Å². The van der Waals surface area contributed by atoms with Crippen LogP contribution in [0, 0.1) is 5.92 Å². The number of H-pyrrole nitrogens is 1. The van der Waals surface area contributed by atoms with Crippen LogP contribution in [-0.2, 0) is 27.2 Å². The van der Waals surface area contributed by atoms with Crippen molar-refractivity contribution in [3.63, 3.8) is 0 Å². The van der Waals surface area contributed by atoms with E-state index in [4.69, 9.17) is 14.5 Å². The first kappa shape index (κ1) is 21.8. The van der Waals surface area contributed by atoms with Crippen LogP contribution in [0.4, 0.5) is 0 Å². The lowest BCUT2D eigenvalue weighted by molar-refractivity contribution is -0.139. The molecule has 1 aromatic heterocycles. The summed E-state index contributed by atoms with van der Waals surface area (Å²) in [5, 5.41) is 0. The number of aromatic amines is 1. The number of piperidine rings is 1. The smallest absolute Gasteiger partial charge is 0.256 e. The Bertz CT molecular complexity index is 913. The largest absolute Gasteiger partial charge is 0.381 e. The van der Waals surface area contributed by atoms with E-state index in [1.54, 1.807) is 0 Å². The highest BCUT2D eigenvalue weighted by atomic mass is 16.5.